The molecule has 1 atom stereocenters. The highest BCUT2D eigenvalue weighted by Crippen LogP contribution is 2.14. The Morgan fingerprint density at radius 1 is 0.313 bits per heavy atom. The molecule has 0 radical (unpaired) electrons. The molecule has 6 nitrogen and oxygen atoms in total. The van der Waals surface area contributed by atoms with E-state index in [1.54, 1.807) is 0 Å². The first-order valence-electron chi connectivity index (χ1n) is 27.7. The van der Waals surface area contributed by atoms with E-state index >= 15 is 0 Å². The van der Waals surface area contributed by atoms with Gasteiger partial charge in [0, 0.05) is 19.3 Å². The van der Waals surface area contributed by atoms with Gasteiger partial charge in [0.05, 0.1) is 0 Å². The van der Waals surface area contributed by atoms with Crippen LogP contribution < -0.4 is 0 Å². The molecule has 1 unspecified atom stereocenters. The van der Waals surface area contributed by atoms with Crippen molar-refractivity contribution in [2.24, 2.45) is 0 Å². The number of unbranched alkanes of at least 4 members (excludes halogenated alkanes) is 22. The van der Waals surface area contributed by atoms with Gasteiger partial charge in [-0.25, -0.2) is 0 Å². The van der Waals surface area contributed by atoms with E-state index in [0.717, 1.165) is 135 Å². The largest absolute Gasteiger partial charge is 0.462 e. The lowest BCUT2D eigenvalue weighted by atomic mass is 10.1. The molecule has 382 valence electrons. The SMILES string of the molecule is CC/C=C\C/C=C\C/C=C\C/C=C\C/C=C\C/C=C\CCCCCCCCCCC(=O)OCC(COC(=O)CCCCCCCCCCC)OC(=O)CCCCCCC/C=C\C/C=C\CCC. The van der Waals surface area contributed by atoms with Crippen molar-refractivity contribution < 1.29 is 28.6 Å². The van der Waals surface area contributed by atoms with Crippen LogP contribution in [0.1, 0.15) is 252 Å². The first-order valence-corrected chi connectivity index (χ1v) is 27.7. The highest BCUT2D eigenvalue weighted by atomic mass is 16.6. The molecule has 6 heteroatoms. The van der Waals surface area contributed by atoms with Crippen LogP contribution >= 0.6 is 0 Å². The van der Waals surface area contributed by atoms with Gasteiger partial charge in [-0.15, -0.1) is 0 Å². The molecular weight excluding hydrogens is 829 g/mol. The molecule has 0 aromatic carbocycles. The Morgan fingerprint density at radius 3 is 0.970 bits per heavy atom. The van der Waals surface area contributed by atoms with Gasteiger partial charge in [-0.05, 0) is 96.3 Å². The van der Waals surface area contributed by atoms with E-state index in [2.05, 4.69) is 118 Å². The first-order chi connectivity index (χ1) is 33.0. The summed E-state index contributed by atoms with van der Waals surface area (Å²) >= 11 is 0. The molecule has 0 spiro atoms. The van der Waals surface area contributed by atoms with E-state index in [0.29, 0.717) is 19.3 Å². The predicted octanol–water partition coefficient (Wildman–Crippen LogP) is 18.5. The van der Waals surface area contributed by atoms with E-state index in [9.17, 15) is 14.4 Å². The Balaban J connectivity index is 4.24. The quantitative estimate of drug-likeness (QED) is 0.0262. The van der Waals surface area contributed by atoms with Gasteiger partial charge in [-0.1, -0.05) is 234 Å². The van der Waals surface area contributed by atoms with Crippen molar-refractivity contribution in [3.8, 4) is 0 Å². The number of hydrogen-bond acceptors (Lipinski definition) is 6. The highest BCUT2D eigenvalue weighted by Gasteiger charge is 2.19. The smallest absolute Gasteiger partial charge is 0.306 e. The summed E-state index contributed by atoms with van der Waals surface area (Å²) in [6.07, 6.45) is 72.6. The molecule has 0 aromatic rings. The van der Waals surface area contributed by atoms with Gasteiger partial charge in [-0.2, -0.15) is 0 Å². The molecule has 0 bridgehead atoms. The Kier molecular flexibility index (Phi) is 51.9. The molecule has 0 saturated heterocycles. The van der Waals surface area contributed by atoms with Crippen LogP contribution in [-0.2, 0) is 28.6 Å². The molecule has 0 aromatic heterocycles. The third-order valence-electron chi connectivity index (χ3n) is 11.6. The van der Waals surface area contributed by atoms with Crippen LogP contribution in [0.15, 0.2) is 97.2 Å². The standard InChI is InChI=1S/C61H102O6/c1-4-7-10-13-16-19-21-23-24-25-26-27-28-29-30-31-32-33-34-35-36-38-39-42-45-48-51-54-60(63)66-57-58(56-65-59(62)53-50-47-44-41-18-15-12-9-6-3)67-61(64)55-52-49-46-43-40-37-22-20-17-14-11-8-5-2/h7,10-11,14,16,19-20,22-24,26-27,29-30,32-33,58H,4-6,8-9,12-13,15,17-18,21,25,28,31,34-57H2,1-3H3/b10-7-,14-11-,19-16-,22-20-,24-23-,27-26-,30-29-,33-32-. The second kappa shape index (κ2) is 54.9. The average molecular weight is 931 g/mol. The van der Waals surface area contributed by atoms with Crippen LogP contribution in [0.3, 0.4) is 0 Å². The minimum Gasteiger partial charge on any atom is -0.462 e. The second-order valence-electron chi connectivity index (χ2n) is 18.1. The molecule has 0 aliphatic carbocycles. The number of hydrogen-bond donors (Lipinski definition) is 0. The monoisotopic (exact) mass is 931 g/mol. The lowest BCUT2D eigenvalue weighted by Gasteiger charge is -2.18. The van der Waals surface area contributed by atoms with E-state index in [1.165, 1.54) is 77.0 Å². The Bertz CT molecular complexity index is 1350. The van der Waals surface area contributed by atoms with Crippen LogP contribution in [-0.4, -0.2) is 37.2 Å². The summed E-state index contributed by atoms with van der Waals surface area (Å²) in [7, 11) is 0. The average Bonchev–Trinajstić information content (AvgIpc) is 3.33. The van der Waals surface area contributed by atoms with Crippen molar-refractivity contribution in [2.75, 3.05) is 13.2 Å². The third kappa shape index (κ3) is 53.2. The number of rotatable bonds is 49. The summed E-state index contributed by atoms with van der Waals surface area (Å²) in [5, 5.41) is 0. The predicted molar refractivity (Wildman–Crippen MR) is 288 cm³/mol. The summed E-state index contributed by atoms with van der Waals surface area (Å²) in [4.78, 5) is 37.9. The zero-order valence-electron chi connectivity index (χ0n) is 43.6. The van der Waals surface area contributed by atoms with Gasteiger partial charge >= 0.3 is 17.9 Å². The van der Waals surface area contributed by atoms with E-state index in [4.69, 9.17) is 14.2 Å². The summed E-state index contributed by atoms with van der Waals surface area (Å²) in [6, 6.07) is 0. The fourth-order valence-corrected chi connectivity index (χ4v) is 7.42. The van der Waals surface area contributed by atoms with Gasteiger partial charge in [0.2, 0.25) is 0 Å². The van der Waals surface area contributed by atoms with Crippen molar-refractivity contribution in [3.05, 3.63) is 97.2 Å². The van der Waals surface area contributed by atoms with Crippen molar-refractivity contribution >= 4 is 17.9 Å². The van der Waals surface area contributed by atoms with Crippen LogP contribution in [0, 0.1) is 0 Å². The molecule has 0 fully saturated rings. The van der Waals surface area contributed by atoms with Crippen molar-refractivity contribution in [1.82, 2.24) is 0 Å². The highest BCUT2D eigenvalue weighted by molar-refractivity contribution is 5.71. The molecule has 0 aliphatic heterocycles. The van der Waals surface area contributed by atoms with Crippen LogP contribution in [0.4, 0.5) is 0 Å². The Hall–Kier alpha value is -3.67. The molecule has 0 rings (SSSR count). The molecule has 67 heavy (non-hydrogen) atoms. The minimum atomic E-state index is -0.786. The maximum atomic E-state index is 12.8. The van der Waals surface area contributed by atoms with E-state index in [1.807, 2.05) is 0 Å². The van der Waals surface area contributed by atoms with Crippen molar-refractivity contribution in [2.45, 2.75) is 258 Å². The summed E-state index contributed by atoms with van der Waals surface area (Å²) in [5.41, 5.74) is 0. The van der Waals surface area contributed by atoms with Gasteiger partial charge in [0.25, 0.3) is 0 Å². The van der Waals surface area contributed by atoms with Gasteiger partial charge in [-0.3, -0.25) is 14.4 Å². The molecule has 0 saturated carbocycles. The minimum absolute atomic E-state index is 0.0847. The number of carbonyl (C=O) groups excluding carboxylic acids is 3. The molecule has 0 heterocycles. The van der Waals surface area contributed by atoms with Crippen LogP contribution in [0.25, 0.3) is 0 Å². The number of allylic oxidation sites excluding steroid dienone is 16. The van der Waals surface area contributed by atoms with Crippen LogP contribution in [0.5, 0.6) is 0 Å². The maximum Gasteiger partial charge on any atom is 0.306 e. The summed E-state index contributed by atoms with van der Waals surface area (Å²) < 4.78 is 16.8. The summed E-state index contributed by atoms with van der Waals surface area (Å²) in [5.74, 6) is -0.911. The molecule has 0 aliphatic rings. The fourth-order valence-electron chi connectivity index (χ4n) is 7.42. The summed E-state index contributed by atoms with van der Waals surface area (Å²) in [6.45, 7) is 6.42. The van der Waals surface area contributed by atoms with Gasteiger partial charge in [0.15, 0.2) is 6.10 Å². The normalized spacial score (nSPS) is 12.8. The van der Waals surface area contributed by atoms with Gasteiger partial charge in [0.1, 0.15) is 13.2 Å². The van der Waals surface area contributed by atoms with Crippen LogP contribution in [0.2, 0.25) is 0 Å². The lowest BCUT2D eigenvalue weighted by molar-refractivity contribution is -0.167. The second-order valence-corrected chi connectivity index (χ2v) is 18.1. The Morgan fingerprint density at radius 2 is 0.612 bits per heavy atom. The number of carbonyl (C=O) groups is 3. The zero-order valence-corrected chi connectivity index (χ0v) is 43.6. The molecule has 0 amide bonds. The number of esters is 3. The zero-order chi connectivity index (χ0) is 48.6. The molecular formula is C61H102O6. The first kappa shape index (κ1) is 63.3. The van der Waals surface area contributed by atoms with E-state index < -0.39 is 6.10 Å². The lowest BCUT2D eigenvalue weighted by Crippen LogP contribution is -2.30. The van der Waals surface area contributed by atoms with Crippen molar-refractivity contribution in [1.29, 1.82) is 0 Å². The van der Waals surface area contributed by atoms with Gasteiger partial charge < -0.3 is 14.2 Å². The topological polar surface area (TPSA) is 78.9 Å². The third-order valence-corrected chi connectivity index (χ3v) is 11.6. The molecule has 0 N–H and O–H groups in total. The number of ether oxygens (including phenoxy) is 3. The fraction of sp³-hybridized carbons (Fsp3) is 0.689. The van der Waals surface area contributed by atoms with E-state index in [-0.39, 0.29) is 31.1 Å². The Labute approximate surface area is 413 Å². The van der Waals surface area contributed by atoms with Crippen molar-refractivity contribution in [3.63, 3.8) is 0 Å². The maximum absolute atomic E-state index is 12.8.